The molecule has 0 atom stereocenters. The number of fused-ring (bicyclic) bond motifs is 1. The lowest BCUT2D eigenvalue weighted by molar-refractivity contribution is -0.118. The van der Waals surface area contributed by atoms with E-state index in [0.29, 0.717) is 17.8 Å². The van der Waals surface area contributed by atoms with E-state index >= 15 is 0 Å². The summed E-state index contributed by atoms with van der Waals surface area (Å²) >= 11 is 1.28. The molecule has 0 N–H and O–H groups in total. The maximum absolute atomic E-state index is 13.3. The molecule has 2 rings (SSSR count). The lowest BCUT2D eigenvalue weighted by Crippen LogP contribution is -2.16. The molecule has 0 saturated heterocycles. The first-order valence-electron chi connectivity index (χ1n) is 6.45. The van der Waals surface area contributed by atoms with Gasteiger partial charge in [-0.1, -0.05) is 30.6 Å². The van der Waals surface area contributed by atoms with Gasteiger partial charge in [-0.3, -0.25) is 4.79 Å². The summed E-state index contributed by atoms with van der Waals surface area (Å²) in [5, 5.41) is 0. The molecule has 1 amide bonds. The van der Waals surface area contributed by atoms with E-state index in [4.69, 9.17) is 6.42 Å². The van der Waals surface area contributed by atoms with Crippen LogP contribution in [0.3, 0.4) is 0 Å². The molecule has 1 aromatic carbocycles. The lowest BCUT2D eigenvalue weighted by Gasteiger charge is -1.99. The molecule has 0 radical (unpaired) electrons. The van der Waals surface area contributed by atoms with Gasteiger partial charge in [0.2, 0.25) is 5.91 Å². The number of rotatable bonds is 4. The van der Waals surface area contributed by atoms with Gasteiger partial charge in [0, 0.05) is 6.42 Å². The van der Waals surface area contributed by atoms with Gasteiger partial charge in [-0.15, -0.1) is 6.42 Å². The van der Waals surface area contributed by atoms with Crippen molar-refractivity contribution in [2.24, 2.45) is 4.99 Å². The second kappa shape index (κ2) is 6.49. The normalized spacial score (nSPS) is 11.8. The number of amides is 1. The van der Waals surface area contributed by atoms with Crippen molar-refractivity contribution in [2.45, 2.75) is 32.7 Å². The van der Waals surface area contributed by atoms with E-state index in [1.165, 1.54) is 23.5 Å². The van der Waals surface area contributed by atoms with Crippen LogP contribution < -0.4 is 4.80 Å². The molecular weight excluding hydrogens is 275 g/mol. The standard InChI is InChI=1S/C15H15FN2OS/c1-3-5-6-14(19)17-15-18(9-4-2)12-8-7-11(16)10-13(12)20-15/h2,7-8,10H,3,5-6,9H2,1H3. The molecule has 2 aromatic rings. The highest BCUT2D eigenvalue weighted by molar-refractivity contribution is 7.16. The predicted molar refractivity (Wildman–Crippen MR) is 78.7 cm³/mol. The third-order valence-electron chi connectivity index (χ3n) is 2.86. The molecule has 0 aliphatic heterocycles. The second-order valence-corrected chi connectivity index (χ2v) is 5.41. The molecule has 0 spiro atoms. The number of carbonyl (C=O) groups excluding carboxylic acids is 1. The molecule has 104 valence electrons. The number of hydrogen-bond donors (Lipinski definition) is 0. The molecule has 1 aromatic heterocycles. The highest BCUT2D eigenvalue weighted by Gasteiger charge is 2.08. The zero-order chi connectivity index (χ0) is 14.5. The van der Waals surface area contributed by atoms with E-state index in [2.05, 4.69) is 10.9 Å². The van der Waals surface area contributed by atoms with Crippen molar-refractivity contribution in [2.75, 3.05) is 0 Å². The highest BCUT2D eigenvalue weighted by atomic mass is 32.1. The fourth-order valence-corrected chi connectivity index (χ4v) is 2.94. The zero-order valence-electron chi connectivity index (χ0n) is 11.2. The summed E-state index contributed by atoms with van der Waals surface area (Å²) in [5.41, 5.74) is 0.802. The number of nitrogens with zero attached hydrogens (tertiary/aromatic N) is 2. The number of benzene rings is 1. The molecule has 0 aliphatic rings. The van der Waals surface area contributed by atoms with E-state index in [0.717, 1.165) is 23.1 Å². The van der Waals surface area contributed by atoms with Crippen molar-refractivity contribution in [3.05, 3.63) is 28.8 Å². The second-order valence-electron chi connectivity index (χ2n) is 4.40. The summed E-state index contributed by atoms with van der Waals surface area (Å²) < 4.78 is 15.8. The maximum Gasteiger partial charge on any atom is 0.248 e. The number of hydrogen-bond acceptors (Lipinski definition) is 2. The van der Waals surface area contributed by atoms with Crippen molar-refractivity contribution >= 4 is 27.5 Å². The molecule has 0 unspecified atom stereocenters. The van der Waals surface area contributed by atoms with Gasteiger partial charge in [-0.25, -0.2) is 4.39 Å². The zero-order valence-corrected chi connectivity index (χ0v) is 12.0. The molecule has 0 bridgehead atoms. The van der Waals surface area contributed by atoms with Crippen LogP contribution >= 0.6 is 11.3 Å². The number of halogens is 1. The first-order chi connectivity index (χ1) is 9.65. The smallest absolute Gasteiger partial charge is 0.248 e. The van der Waals surface area contributed by atoms with Gasteiger partial charge in [0.05, 0.1) is 16.8 Å². The Balaban J connectivity index is 2.51. The average Bonchev–Trinajstić information content (AvgIpc) is 2.74. The molecule has 5 heteroatoms. The first kappa shape index (κ1) is 14.5. The van der Waals surface area contributed by atoms with Gasteiger partial charge in [-0.05, 0) is 24.6 Å². The SMILES string of the molecule is C#CCn1c(=NC(=O)CCCC)sc2cc(F)ccc21. The maximum atomic E-state index is 13.3. The van der Waals surface area contributed by atoms with Crippen LogP contribution in [0.15, 0.2) is 23.2 Å². The minimum atomic E-state index is -0.310. The Kier molecular flexibility index (Phi) is 4.70. The first-order valence-corrected chi connectivity index (χ1v) is 7.27. The number of unbranched alkanes of at least 4 members (excludes halogenated alkanes) is 1. The van der Waals surface area contributed by atoms with Crippen LogP contribution in [0.25, 0.3) is 10.2 Å². The Bertz CT molecular complexity index is 736. The molecule has 0 fully saturated rings. The van der Waals surface area contributed by atoms with Crippen LogP contribution in [-0.2, 0) is 11.3 Å². The van der Waals surface area contributed by atoms with Gasteiger partial charge in [0.25, 0.3) is 0 Å². The number of thiazole rings is 1. The molecule has 0 aliphatic carbocycles. The Morgan fingerprint density at radius 3 is 3.05 bits per heavy atom. The quantitative estimate of drug-likeness (QED) is 0.797. The lowest BCUT2D eigenvalue weighted by atomic mass is 10.2. The van der Waals surface area contributed by atoms with Gasteiger partial charge in [-0.2, -0.15) is 4.99 Å². The van der Waals surface area contributed by atoms with E-state index in [1.807, 2.05) is 6.92 Å². The Morgan fingerprint density at radius 2 is 2.35 bits per heavy atom. The summed E-state index contributed by atoms with van der Waals surface area (Å²) in [4.78, 5) is 16.4. The van der Waals surface area contributed by atoms with Crippen molar-refractivity contribution in [3.63, 3.8) is 0 Å². The summed E-state index contributed by atoms with van der Waals surface area (Å²) in [6.45, 7) is 2.33. The van der Waals surface area contributed by atoms with Crippen molar-refractivity contribution in [1.82, 2.24) is 4.57 Å². The van der Waals surface area contributed by atoms with Crippen LogP contribution in [0.5, 0.6) is 0 Å². The summed E-state index contributed by atoms with van der Waals surface area (Å²) in [7, 11) is 0. The van der Waals surface area contributed by atoms with Crippen molar-refractivity contribution in [3.8, 4) is 12.3 Å². The van der Waals surface area contributed by atoms with Crippen LogP contribution in [0.1, 0.15) is 26.2 Å². The summed E-state index contributed by atoms with van der Waals surface area (Å²) in [6.07, 6.45) is 7.54. The molecule has 0 saturated carbocycles. The monoisotopic (exact) mass is 290 g/mol. The molecule has 1 heterocycles. The fourth-order valence-electron chi connectivity index (χ4n) is 1.87. The van der Waals surface area contributed by atoms with E-state index in [1.54, 1.807) is 10.6 Å². The third-order valence-corrected chi connectivity index (χ3v) is 3.90. The number of carbonyl (C=O) groups is 1. The third kappa shape index (κ3) is 3.14. The Hall–Kier alpha value is -1.93. The number of terminal acetylenes is 1. The van der Waals surface area contributed by atoms with Gasteiger partial charge in [0.1, 0.15) is 5.82 Å². The molecule has 20 heavy (non-hydrogen) atoms. The van der Waals surface area contributed by atoms with Gasteiger partial charge < -0.3 is 4.57 Å². The van der Waals surface area contributed by atoms with E-state index < -0.39 is 0 Å². The van der Waals surface area contributed by atoms with Crippen molar-refractivity contribution in [1.29, 1.82) is 0 Å². The minimum Gasteiger partial charge on any atom is -0.305 e. The van der Waals surface area contributed by atoms with Crippen LogP contribution in [0, 0.1) is 18.2 Å². The van der Waals surface area contributed by atoms with Gasteiger partial charge >= 0.3 is 0 Å². The van der Waals surface area contributed by atoms with E-state index in [-0.39, 0.29) is 11.7 Å². The summed E-state index contributed by atoms with van der Waals surface area (Å²) in [6, 6.07) is 4.47. The minimum absolute atomic E-state index is 0.162. The topological polar surface area (TPSA) is 34.4 Å². The highest BCUT2D eigenvalue weighted by Crippen LogP contribution is 2.18. The molecule has 3 nitrogen and oxygen atoms in total. The van der Waals surface area contributed by atoms with Crippen LogP contribution in [0.4, 0.5) is 4.39 Å². The predicted octanol–water partition coefficient (Wildman–Crippen LogP) is 3.09. The average molecular weight is 290 g/mol. The Morgan fingerprint density at radius 1 is 1.55 bits per heavy atom. The van der Waals surface area contributed by atoms with Crippen LogP contribution in [0.2, 0.25) is 0 Å². The van der Waals surface area contributed by atoms with Crippen LogP contribution in [-0.4, -0.2) is 10.5 Å². The number of aromatic nitrogens is 1. The largest absolute Gasteiger partial charge is 0.305 e. The van der Waals surface area contributed by atoms with Gasteiger partial charge in [0.15, 0.2) is 4.80 Å². The summed E-state index contributed by atoms with van der Waals surface area (Å²) in [5.74, 6) is 2.07. The fraction of sp³-hybridized carbons (Fsp3) is 0.333. The molecular formula is C15H15FN2OS. The van der Waals surface area contributed by atoms with E-state index in [9.17, 15) is 9.18 Å². The Labute approximate surface area is 120 Å². The van der Waals surface area contributed by atoms with Crippen molar-refractivity contribution < 1.29 is 9.18 Å².